The average molecular weight is 302 g/mol. The molecule has 3 heterocycles. The number of hydrogen-bond donors (Lipinski definition) is 2. The van der Waals surface area contributed by atoms with Crippen molar-refractivity contribution in [1.82, 2.24) is 14.1 Å². The molecule has 0 saturated carbocycles. The van der Waals surface area contributed by atoms with Crippen molar-refractivity contribution in [3.63, 3.8) is 0 Å². The molecule has 104 valence electrons. The Hall–Kier alpha value is -1.16. The summed E-state index contributed by atoms with van der Waals surface area (Å²) in [5, 5.41) is 1.76. The van der Waals surface area contributed by atoms with Gasteiger partial charge in [-0.2, -0.15) is 0 Å². The van der Waals surface area contributed by atoms with E-state index in [9.17, 15) is 8.42 Å². The molecule has 0 aromatic carbocycles. The van der Waals surface area contributed by atoms with Gasteiger partial charge in [0.2, 0.25) is 0 Å². The maximum Gasteiger partial charge on any atom is 0.260 e. The van der Waals surface area contributed by atoms with Crippen molar-refractivity contribution in [2.45, 2.75) is 23.9 Å². The van der Waals surface area contributed by atoms with Gasteiger partial charge in [-0.1, -0.05) is 0 Å². The van der Waals surface area contributed by atoms with Crippen LogP contribution in [0.2, 0.25) is 0 Å². The summed E-state index contributed by atoms with van der Waals surface area (Å²) in [5.74, 6) is 0.0156. The Bertz CT molecular complexity index is 712. The third-order valence-corrected chi connectivity index (χ3v) is 5.53. The number of nitrogens with two attached hydrogens (primary N) is 1. The van der Waals surface area contributed by atoms with E-state index in [2.05, 4.69) is 9.71 Å². The summed E-state index contributed by atoms with van der Waals surface area (Å²) in [6.45, 7) is 2.73. The standard InChI is InChI=1S/C10H14N4O3S2/c1-10(2-4-17-6-10)13-19(15,16)8-7(11)12-9-14(8)3-5-18-9/h3,5,13H,2,4,6,11H2,1H3. The minimum absolute atomic E-state index is 0.00289. The average Bonchev–Trinajstić information content (AvgIpc) is 2.92. The molecule has 1 aliphatic heterocycles. The van der Waals surface area contributed by atoms with E-state index in [1.165, 1.54) is 15.7 Å². The fourth-order valence-electron chi connectivity index (χ4n) is 2.17. The lowest BCUT2D eigenvalue weighted by Crippen LogP contribution is -2.46. The van der Waals surface area contributed by atoms with E-state index >= 15 is 0 Å². The second kappa shape index (κ2) is 4.17. The predicted molar refractivity (Wildman–Crippen MR) is 71.6 cm³/mol. The van der Waals surface area contributed by atoms with Crippen LogP contribution in [0.5, 0.6) is 0 Å². The van der Waals surface area contributed by atoms with Gasteiger partial charge in [0, 0.05) is 18.2 Å². The SMILES string of the molecule is CC1(NS(=O)(=O)c2c(N)nc3sccn23)CCOC1. The Balaban J connectivity index is 2.04. The summed E-state index contributed by atoms with van der Waals surface area (Å²) in [4.78, 5) is 4.61. The third kappa shape index (κ3) is 2.12. The van der Waals surface area contributed by atoms with Crippen LogP contribution in [0.25, 0.3) is 4.96 Å². The smallest absolute Gasteiger partial charge is 0.260 e. The van der Waals surface area contributed by atoms with Gasteiger partial charge in [-0.25, -0.2) is 18.1 Å². The van der Waals surface area contributed by atoms with Crippen LogP contribution in [0.3, 0.4) is 0 Å². The Morgan fingerprint density at radius 2 is 2.42 bits per heavy atom. The zero-order valence-corrected chi connectivity index (χ0v) is 11.9. The number of imidazole rings is 1. The normalized spacial score (nSPS) is 24.3. The summed E-state index contributed by atoms with van der Waals surface area (Å²) < 4.78 is 34.4. The molecule has 7 nitrogen and oxygen atoms in total. The highest BCUT2D eigenvalue weighted by Crippen LogP contribution is 2.26. The highest BCUT2D eigenvalue weighted by molar-refractivity contribution is 7.89. The van der Waals surface area contributed by atoms with Gasteiger partial charge in [-0.15, -0.1) is 11.3 Å². The molecule has 19 heavy (non-hydrogen) atoms. The molecule has 3 rings (SSSR count). The first-order valence-electron chi connectivity index (χ1n) is 5.74. The second-order valence-electron chi connectivity index (χ2n) is 4.83. The molecular weight excluding hydrogens is 288 g/mol. The van der Waals surface area contributed by atoms with Crippen molar-refractivity contribution in [1.29, 1.82) is 0 Å². The van der Waals surface area contributed by atoms with E-state index in [0.717, 1.165) is 0 Å². The molecule has 1 fully saturated rings. The maximum absolute atomic E-state index is 12.5. The molecule has 0 bridgehead atoms. The minimum Gasteiger partial charge on any atom is -0.381 e. The lowest BCUT2D eigenvalue weighted by molar-refractivity contribution is 0.178. The zero-order valence-electron chi connectivity index (χ0n) is 10.3. The number of sulfonamides is 1. The minimum atomic E-state index is -3.73. The molecule has 1 unspecified atom stereocenters. The van der Waals surface area contributed by atoms with E-state index < -0.39 is 15.6 Å². The van der Waals surface area contributed by atoms with Crippen LogP contribution in [-0.2, 0) is 14.8 Å². The van der Waals surface area contributed by atoms with Gasteiger partial charge >= 0.3 is 0 Å². The summed E-state index contributed by atoms with van der Waals surface area (Å²) in [6.07, 6.45) is 2.28. The Labute approximate surface area is 114 Å². The van der Waals surface area contributed by atoms with Gasteiger partial charge in [0.05, 0.1) is 12.1 Å². The highest BCUT2D eigenvalue weighted by Gasteiger charge is 2.36. The Kier molecular flexibility index (Phi) is 2.82. The van der Waals surface area contributed by atoms with E-state index in [1.807, 2.05) is 6.92 Å². The van der Waals surface area contributed by atoms with Gasteiger partial charge in [-0.3, -0.25) is 4.40 Å². The monoisotopic (exact) mass is 302 g/mol. The van der Waals surface area contributed by atoms with E-state index in [0.29, 0.717) is 24.6 Å². The Morgan fingerprint density at radius 3 is 3.11 bits per heavy atom. The van der Waals surface area contributed by atoms with Gasteiger partial charge < -0.3 is 10.5 Å². The first kappa shape index (κ1) is 12.9. The molecule has 3 N–H and O–H groups in total. The number of ether oxygens (including phenoxy) is 1. The van der Waals surface area contributed by atoms with Crippen molar-refractivity contribution in [3.05, 3.63) is 11.6 Å². The molecule has 2 aromatic heterocycles. The largest absolute Gasteiger partial charge is 0.381 e. The summed E-state index contributed by atoms with van der Waals surface area (Å²) in [7, 11) is -3.73. The second-order valence-corrected chi connectivity index (χ2v) is 7.30. The van der Waals surface area contributed by atoms with Crippen molar-refractivity contribution in [3.8, 4) is 0 Å². The first-order valence-corrected chi connectivity index (χ1v) is 8.10. The molecule has 1 atom stereocenters. The fraction of sp³-hybridized carbons (Fsp3) is 0.500. The molecule has 9 heteroatoms. The molecule has 0 amide bonds. The van der Waals surface area contributed by atoms with E-state index in [1.54, 1.807) is 11.6 Å². The molecular formula is C10H14N4O3S2. The molecule has 0 aliphatic carbocycles. The number of rotatable bonds is 3. The number of nitrogens with zero attached hydrogens (tertiary/aromatic N) is 2. The van der Waals surface area contributed by atoms with Crippen LogP contribution in [0.15, 0.2) is 16.6 Å². The third-order valence-electron chi connectivity index (χ3n) is 3.10. The molecule has 1 saturated heterocycles. The number of nitrogens with one attached hydrogen (secondary N) is 1. The van der Waals surface area contributed by atoms with Crippen molar-refractivity contribution >= 4 is 32.1 Å². The van der Waals surface area contributed by atoms with E-state index in [-0.39, 0.29) is 10.8 Å². The summed E-state index contributed by atoms with van der Waals surface area (Å²) in [6, 6.07) is 0. The highest BCUT2D eigenvalue weighted by atomic mass is 32.2. The number of aromatic nitrogens is 2. The van der Waals surface area contributed by atoms with Crippen LogP contribution < -0.4 is 10.5 Å². The first-order chi connectivity index (χ1) is 8.91. The lowest BCUT2D eigenvalue weighted by Gasteiger charge is -2.22. The van der Waals surface area contributed by atoms with Crippen LogP contribution in [0.4, 0.5) is 5.82 Å². The van der Waals surface area contributed by atoms with Crippen molar-refractivity contribution in [2.24, 2.45) is 0 Å². The van der Waals surface area contributed by atoms with Gasteiger partial charge in [0.1, 0.15) is 0 Å². The zero-order chi connectivity index (χ0) is 13.7. The van der Waals surface area contributed by atoms with Crippen LogP contribution >= 0.6 is 11.3 Å². The van der Waals surface area contributed by atoms with Crippen LogP contribution in [0.1, 0.15) is 13.3 Å². The topological polar surface area (TPSA) is 98.7 Å². The summed E-state index contributed by atoms with van der Waals surface area (Å²) >= 11 is 1.34. The predicted octanol–water partition coefficient (Wildman–Crippen LogP) is 0.435. The maximum atomic E-state index is 12.5. The quantitative estimate of drug-likeness (QED) is 0.857. The van der Waals surface area contributed by atoms with Crippen LogP contribution in [0, 0.1) is 0 Å². The molecule has 2 aromatic rings. The summed E-state index contributed by atoms with van der Waals surface area (Å²) in [5.41, 5.74) is 5.13. The number of nitrogen functional groups attached to an aromatic ring is 1. The van der Waals surface area contributed by atoms with Gasteiger partial charge in [0.15, 0.2) is 15.8 Å². The van der Waals surface area contributed by atoms with Crippen molar-refractivity contribution in [2.75, 3.05) is 18.9 Å². The number of thiazole rings is 1. The Morgan fingerprint density at radius 1 is 1.63 bits per heavy atom. The number of hydrogen-bond acceptors (Lipinski definition) is 6. The lowest BCUT2D eigenvalue weighted by atomic mass is 10.0. The van der Waals surface area contributed by atoms with Crippen LogP contribution in [-0.4, -0.2) is 36.6 Å². The molecule has 1 aliphatic rings. The molecule has 0 radical (unpaired) electrons. The van der Waals surface area contributed by atoms with Gasteiger partial charge in [0.25, 0.3) is 10.0 Å². The van der Waals surface area contributed by atoms with E-state index in [4.69, 9.17) is 10.5 Å². The molecule has 0 spiro atoms. The van der Waals surface area contributed by atoms with Gasteiger partial charge in [-0.05, 0) is 13.3 Å². The fourth-order valence-corrected chi connectivity index (χ4v) is 4.58. The number of fused-ring (bicyclic) bond motifs is 1. The number of anilines is 1. The van der Waals surface area contributed by atoms with Crippen molar-refractivity contribution < 1.29 is 13.2 Å².